The van der Waals surface area contributed by atoms with Crippen molar-refractivity contribution in [3.8, 4) is 23.0 Å². The fourth-order valence-electron chi connectivity index (χ4n) is 9.78. The van der Waals surface area contributed by atoms with Gasteiger partial charge >= 0.3 is 0 Å². The van der Waals surface area contributed by atoms with Gasteiger partial charge in [0, 0.05) is 17.4 Å². The van der Waals surface area contributed by atoms with E-state index in [9.17, 15) is 0 Å². The van der Waals surface area contributed by atoms with Crippen LogP contribution >= 0.6 is 0 Å². The zero-order chi connectivity index (χ0) is 36.1. The molecule has 2 aliphatic heterocycles. The number of piperidine rings is 2. The normalized spacial score (nSPS) is 22.9. The SMILES string of the molecule is COc1ccc(C2c3cc(OC)c(OC)cc3C(C)(CCN3CCC(Cc4ccccc4)CC3)C2N2CCC(Cc3ccccc3)CC2)cc1OC. The van der Waals surface area contributed by atoms with Crippen LogP contribution in [0.1, 0.15) is 72.8 Å². The molecule has 0 radical (unpaired) electrons. The Morgan fingerprint density at radius 3 is 1.67 bits per heavy atom. The van der Waals surface area contributed by atoms with E-state index in [1.54, 1.807) is 28.4 Å². The van der Waals surface area contributed by atoms with Crippen molar-refractivity contribution in [3.05, 3.63) is 119 Å². The van der Waals surface area contributed by atoms with Gasteiger partial charge in [-0.2, -0.15) is 0 Å². The van der Waals surface area contributed by atoms with Gasteiger partial charge in [0.1, 0.15) is 0 Å². The Balaban J connectivity index is 1.20. The van der Waals surface area contributed by atoms with E-state index in [1.165, 1.54) is 73.0 Å². The van der Waals surface area contributed by atoms with Gasteiger partial charge in [-0.15, -0.1) is 0 Å². The topological polar surface area (TPSA) is 43.4 Å². The second-order valence-electron chi connectivity index (χ2n) is 15.6. The van der Waals surface area contributed by atoms with Crippen LogP contribution in [0.15, 0.2) is 91.0 Å². The number of nitrogens with zero attached hydrogens (tertiary/aromatic N) is 2. The maximum atomic E-state index is 5.98. The highest BCUT2D eigenvalue weighted by Gasteiger charge is 2.53. The molecule has 52 heavy (non-hydrogen) atoms. The van der Waals surface area contributed by atoms with Gasteiger partial charge in [-0.25, -0.2) is 0 Å². The molecular weight excluding hydrogens is 645 g/mol. The molecule has 0 amide bonds. The second-order valence-corrected chi connectivity index (χ2v) is 15.6. The van der Waals surface area contributed by atoms with Crippen molar-refractivity contribution in [1.82, 2.24) is 9.80 Å². The standard InChI is InChI=1S/C46H58N2O4/c1-46(22-27-47-23-18-35(19-24-47)28-33-12-8-6-9-13-33)39-32-43(52-5)42(51-4)31-38(39)44(37-16-17-40(49-2)41(30-37)50-3)45(46)48-25-20-36(21-26-48)29-34-14-10-7-11-15-34/h6-17,30-32,35-36,44-45H,18-29H2,1-5H3. The predicted octanol–water partition coefficient (Wildman–Crippen LogP) is 8.79. The maximum absolute atomic E-state index is 5.98. The lowest BCUT2D eigenvalue weighted by Gasteiger charge is -2.47. The van der Waals surface area contributed by atoms with Crippen molar-refractivity contribution in [1.29, 1.82) is 0 Å². The number of likely N-dealkylation sites (tertiary alicyclic amines) is 2. The van der Waals surface area contributed by atoms with E-state index in [0.29, 0.717) is 5.92 Å². The summed E-state index contributed by atoms with van der Waals surface area (Å²) in [6.45, 7) is 8.15. The van der Waals surface area contributed by atoms with Crippen LogP contribution in [0, 0.1) is 11.8 Å². The summed E-state index contributed by atoms with van der Waals surface area (Å²) in [6, 6.07) is 33.5. The van der Waals surface area contributed by atoms with Gasteiger partial charge in [0.2, 0.25) is 0 Å². The predicted molar refractivity (Wildman–Crippen MR) is 210 cm³/mol. The van der Waals surface area contributed by atoms with Crippen molar-refractivity contribution >= 4 is 0 Å². The first-order valence-corrected chi connectivity index (χ1v) is 19.5. The third kappa shape index (κ3) is 7.56. The number of benzene rings is 4. The van der Waals surface area contributed by atoms with Crippen LogP contribution in [0.25, 0.3) is 0 Å². The number of rotatable bonds is 13. The van der Waals surface area contributed by atoms with Crippen LogP contribution in [0.3, 0.4) is 0 Å². The number of fused-ring (bicyclic) bond motifs is 1. The molecule has 0 bridgehead atoms. The van der Waals surface area contributed by atoms with Crippen LogP contribution in [0.4, 0.5) is 0 Å². The average molecular weight is 703 g/mol. The molecule has 1 aliphatic carbocycles. The minimum absolute atomic E-state index is 0.111. The molecule has 2 saturated heterocycles. The van der Waals surface area contributed by atoms with Crippen molar-refractivity contribution < 1.29 is 18.9 Å². The first-order valence-electron chi connectivity index (χ1n) is 19.5. The molecule has 3 unspecified atom stereocenters. The molecule has 0 saturated carbocycles. The molecule has 3 atom stereocenters. The van der Waals surface area contributed by atoms with Gasteiger partial charge in [0.15, 0.2) is 23.0 Å². The zero-order valence-electron chi connectivity index (χ0n) is 32.0. The van der Waals surface area contributed by atoms with Crippen molar-refractivity contribution in [3.63, 3.8) is 0 Å². The van der Waals surface area contributed by atoms with E-state index in [-0.39, 0.29) is 17.4 Å². The number of hydrogen-bond donors (Lipinski definition) is 0. The molecule has 6 heteroatoms. The zero-order valence-corrected chi connectivity index (χ0v) is 32.0. The van der Waals surface area contributed by atoms with Gasteiger partial charge in [0.05, 0.1) is 28.4 Å². The highest BCUT2D eigenvalue weighted by molar-refractivity contribution is 5.59. The van der Waals surface area contributed by atoms with Crippen LogP contribution in [0.5, 0.6) is 23.0 Å². The van der Waals surface area contributed by atoms with Crippen LogP contribution in [0.2, 0.25) is 0 Å². The molecule has 2 fully saturated rings. The summed E-state index contributed by atoms with van der Waals surface area (Å²) in [7, 11) is 6.96. The first-order chi connectivity index (χ1) is 25.4. The molecule has 6 nitrogen and oxygen atoms in total. The third-order valence-electron chi connectivity index (χ3n) is 12.7. The Bertz CT molecular complexity index is 1750. The minimum atomic E-state index is -0.111. The average Bonchev–Trinajstić information content (AvgIpc) is 3.45. The lowest BCUT2D eigenvalue weighted by atomic mass is 9.73. The van der Waals surface area contributed by atoms with E-state index in [1.807, 2.05) is 0 Å². The summed E-state index contributed by atoms with van der Waals surface area (Å²) in [5.41, 5.74) is 6.80. The Morgan fingerprint density at radius 2 is 1.12 bits per heavy atom. The van der Waals surface area contributed by atoms with E-state index in [4.69, 9.17) is 18.9 Å². The van der Waals surface area contributed by atoms with Gasteiger partial charge in [-0.1, -0.05) is 73.7 Å². The lowest BCUT2D eigenvalue weighted by molar-refractivity contribution is 0.0708. The van der Waals surface area contributed by atoms with Gasteiger partial charge in [0.25, 0.3) is 0 Å². The molecule has 4 aromatic rings. The molecule has 2 heterocycles. The van der Waals surface area contributed by atoms with Crippen molar-refractivity contribution in [2.75, 3.05) is 61.2 Å². The minimum Gasteiger partial charge on any atom is -0.493 e. The molecule has 0 aromatic heterocycles. The number of hydrogen-bond acceptors (Lipinski definition) is 6. The van der Waals surface area contributed by atoms with E-state index in [2.05, 4.69) is 108 Å². The van der Waals surface area contributed by atoms with Gasteiger partial charge < -0.3 is 23.8 Å². The maximum Gasteiger partial charge on any atom is 0.161 e. The Labute approximate surface area is 312 Å². The van der Waals surface area contributed by atoms with Crippen LogP contribution < -0.4 is 18.9 Å². The van der Waals surface area contributed by atoms with Crippen LogP contribution in [-0.2, 0) is 18.3 Å². The van der Waals surface area contributed by atoms with Crippen molar-refractivity contribution in [2.45, 2.75) is 69.2 Å². The van der Waals surface area contributed by atoms with Crippen LogP contribution in [-0.4, -0.2) is 77.0 Å². The smallest absolute Gasteiger partial charge is 0.161 e. The van der Waals surface area contributed by atoms with Crippen molar-refractivity contribution in [2.24, 2.45) is 11.8 Å². The largest absolute Gasteiger partial charge is 0.493 e. The van der Waals surface area contributed by atoms with E-state index < -0.39 is 0 Å². The third-order valence-corrected chi connectivity index (χ3v) is 12.7. The molecular formula is C46H58N2O4. The fraction of sp³-hybridized carbons (Fsp3) is 0.478. The molecule has 0 spiro atoms. The number of methoxy groups -OCH3 is 4. The Kier molecular flexibility index (Phi) is 11.4. The summed E-state index contributed by atoms with van der Waals surface area (Å²) in [5.74, 6) is 4.73. The second kappa shape index (κ2) is 16.3. The van der Waals surface area contributed by atoms with E-state index in [0.717, 1.165) is 61.4 Å². The summed E-state index contributed by atoms with van der Waals surface area (Å²) in [5, 5.41) is 0. The summed E-state index contributed by atoms with van der Waals surface area (Å²) < 4.78 is 23.5. The summed E-state index contributed by atoms with van der Waals surface area (Å²) in [6.07, 6.45) is 8.37. The Hall–Kier alpha value is -4.00. The lowest BCUT2D eigenvalue weighted by Crippen LogP contribution is -2.52. The highest BCUT2D eigenvalue weighted by atomic mass is 16.5. The molecule has 0 N–H and O–H groups in total. The molecule has 3 aliphatic rings. The monoisotopic (exact) mass is 702 g/mol. The van der Waals surface area contributed by atoms with Gasteiger partial charge in [-0.05, 0) is 142 Å². The molecule has 7 rings (SSSR count). The van der Waals surface area contributed by atoms with E-state index >= 15 is 0 Å². The first kappa shape index (κ1) is 36.4. The quantitative estimate of drug-likeness (QED) is 0.139. The fourth-order valence-corrected chi connectivity index (χ4v) is 9.78. The Morgan fingerprint density at radius 1 is 0.596 bits per heavy atom. The molecule has 4 aromatic carbocycles. The summed E-state index contributed by atoms with van der Waals surface area (Å²) in [4.78, 5) is 5.58. The highest BCUT2D eigenvalue weighted by Crippen LogP contribution is 2.56. The molecule has 276 valence electrons. The number of ether oxygens (including phenoxy) is 4. The summed E-state index contributed by atoms with van der Waals surface area (Å²) >= 11 is 0. The van der Waals surface area contributed by atoms with Gasteiger partial charge in [-0.3, -0.25) is 4.90 Å².